The van der Waals surface area contributed by atoms with Crippen LogP contribution in [0.5, 0.6) is 0 Å². The van der Waals surface area contributed by atoms with Crippen molar-refractivity contribution in [3.05, 3.63) is 77.4 Å². The first kappa shape index (κ1) is 13.3. The lowest BCUT2D eigenvalue weighted by molar-refractivity contribution is 1.41. The molecule has 0 heterocycles. The number of benzene rings is 2. The largest absolute Gasteiger partial charge is 0.288 e. The Morgan fingerprint density at radius 2 is 1.63 bits per heavy atom. The number of allylic oxidation sites excluding steroid dienone is 2. The monoisotopic (exact) mass is 249 g/mol. The van der Waals surface area contributed by atoms with Gasteiger partial charge >= 0.3 is 0 Å². The first-order valence-electron chi connectivity index (χ1n) is 6.48. The zero-order chi connectivity index (χ0) is 13.7. The third-order valence-electron chi connectivity index (χ3n) is 3.14. The van der Waals surface area contributed by atoms with Gasteiger partial charge in [-0.15, -0.1) is 0 Å². The summed E-state index contributed by atoms with van der Waals surface area (Å²) in [7, 11) is 1.84. The SMILES string of the molecule is CN=C(/C=C(\C)c1ccccc1)c1cccc(C)c1. The van der Waals surface area contributed by atoms with Crippen molar-refractivity contribution in [3.63, 3.8) is 0 Å². The van der Waals surface area contributed by atoms with Crippen LogP contribution in [-0.4, -0.2) is 12.8 Å². The van der Waals surface area contributed by atoms with Gasteiger partial charge in [0.2, 0.25) is 0 Å². The molecule has 0 saturated carbocycles. The number of nitrogens with zero attached hydrogens (tertiary/aromatic N) is 1. The third-order valence-corrected chi connectivity index (χ3v) is 3.14. The van der Waals surface area contributed by atoms with E-state index in [9.17, 15) is 0 Å². The topological polar surface area (TPSA) is 12.4 Å². The van der Waals surface area contributed by atoms with Gasteiger partial charge in [-0.1, -0.05) is 54.1 Å². The van der Waals surface area contributed by atoms with Gasteiger partial charge in [0.15, 0.2) is 0 Å². The molecule has 0 atom stereocenters. The Kier molecular flexibility index (Phi) is 4.30. The van der Waals surface area contributed by atoms with Crippen molar-refractivity contribution in [2.75, 3.05) is 7.05 Å². The molecule has 96 valence electrons. The average molecular weight is 249 g/mol. The summed E-state index contributed by atoms with van der Waals surface area (Å²) in [6.07, 6.45) is 2.14. The van der Waals surface area contributed by atoms with Crippen LogP contribution < -0.4 is 0 Å². The number of hydrogen-bond donors (Lipinski definition) is 0. The van der Waals surface area contributed by atoms with Crippen LogP contribution in [0, 0.1) is 6.92 Å². The molecule has 19 heavy (non-hydrogen) atoms. The molecule has 0 aliphatic rings. The Morgan fingerprint density at radius 1 is 0.947 bits per heavy atom. The number of aliphatic imine (C=N–C) groups is 1. The summed E-state index contributed by atoms with van der Waals surface area (Å²) in [6.45, 7) is 4.22. The van der Waals surface area contributed by atoms with Crippen LogP contribution in [0.4, 0.5) is 0 Å². The highest BCUT2D eigenvalue weighted by molar-refractivity contribution is 6.12. The smallest absolute Gasteiger partial charge is 0.0646 e. The number of hydrogen-bond acceptors (Lipinski definition) is 1. The lowest BCUT2D eigenvalue weighted by Gasteiger charge is -2.05. The van der Waals surface area contributed by atoms with Crippen LogP contribution in [0.1, 0.15) is 23.6 Å². The minimum Gasteiger partial charge on any atom is -0.288 e. The highest BCUT2D eigenvalue weighted by Crippen LogP contribution is 2.15. The van der Waals surface area contributed by atoms with E-state index in [2.05, 4.69) is 73.4 Å². The van der Waals surface area contributed by atoms with E-state index >= 15 is 0 Å². The highest BCUT2D eigenvalue weighted by atomic mass is 14.7. The van der Waals surface area contributed by atoms with Crippen molar-refractivity contribution in [2.45, 2.75) is 13.8 Å². The van der Waals surface area contributed by atoms with Crippen molar-refractivity contribution in [1.29, 1.82) is 0 Å². The fourth-order valence-electron chi connectivity index (χ4n) is 2.07. The first-order chi connectivity index (χ1) is 9.20. The van der Waals surface area contributed by atoms with Crippen LogP contribution in [0.3, 0.4) is 0 Å². The van der Waals surface area contributed by atoms with E-state index < -0.39 is 0 Å². The molecular weight excluding hydrogens is 230 g/mol. The Hall–Kier alpha value is -2.15. The highest BCUT2D eigenvalue weighted by Gasteiger charge is 2.02. The quantitative estimate of drug-likeness (QED) is 0.709. The summed E-state index contributed by atoms with van der Waals surface area (Å²) in [5, 5.41) is 0. The zero-order valence-electron chi connectivity index (χ0n) is 11.7. The Bertz CT molecular complexity index is 607. The molecule has 2 rings (SSSR count). The van der Waals surface area contributed by atoms with E-state index in [1.54, 1.807) is 0 Å². The van der Waals surface area contributed by atoms with Gasteiger partial charge in [0.05, 0.1) is 5.71 Å². The molecule has 2 aromatic carbocycles. The average Bonchev–Trinajstić information content (AvgIpc) is 2.45. The molecule has 0 saturated heterocycles. The van der Waals surface area contributed by atoms with E-state index in [4.69, 9.17) is 0 Å². The molecule has 0 radical (unpaired) electrons. The second-order valence-corrected chi connectivity index (χ2v) is 4.67. The molecule has 0 unspecified atom stereocenters. The summed E-state index contributed by atoms with van der Waals surface area (Å²) < 4.78 is 0. The zero-order valence-corrected chi connectivity index (χ0v) is 11.7. The van der Waals surface area contributed by atoms with Crippen molar-refractivity contribution in [2.24, 2.45) is 4.99 Å². The van der Waals surface area contributed by atoms with Gasteiger partial charge in [0, 0.05) is 7.05 Å². The van der Waals surface area contributed by atoms with Crippen molar-refractivity contribution in [3.8, 4) is 0 Å². The van der Waals surface area contributed by atoms with Gasteiger partial charge in [-0.05, 0) is 42.7 Å². The molecule has 0 bridgehead atoms. The van der Waals surface area contributed by atoms with E-state index in [-0.39, 0.29) is 0 Å². The summed E-state index contributed by atoms with van der Waals surface area (Å²) in [4.78, 5) is 4.41. The van der Waals surface area contributed by atoms with Gasteiger partial charge in [-0.3, -0.25) is 4.99 Å². The second-order valence-electron chi connectivity index (χ2n) is 4.67. The van der Waals surface area contributed by atoms with Crippen LogP contribution in [0.2, 0.25) is 0 Å². The molecule has 0 amide bonds. The Labute approximate surface area is 115 Å². The molecule has 1 nitrogen and oxygen atoms in total. The standard InChI is InChI=1S/C18H19N/c1-14-8-7-11-17(12-14)18(19-3)13-15(2)16-9-5-4-6-10-16/h4-13H,1-3H3/b15-13+,19-18?. The fourth-order valence-corrected chi connectivity index (χ4v) is 2.07. The maximum absolute atomic E-state index is 4.41. The molecule has 0 aliphatic heterocycles. The first-order valence-corrected chi connectivity index (χ1v) is 6.48. The Morgan fingerprint density at radius 3 is 2.26 bits per heavy atom. The van der Waals surface area contributed by atoms with Crippen LogP contribution >= 0.6 is 0 Å². The van der Waals surface area contributed by atoms with Gasteiger partial charge in [0.1, 0.15) is 0 Å². The minimum absolute atomic E-state index is 1.02. The molecule has 2 aromatic rings. The predicted octanol–water partition coefficient (Wildman–Crippen LogP) is 4.52. The summed E-state index contributed by atoms with van der Waals surface area (Å²) in [6, 6.07) is 18.8. The molecule has 0 fully saturated rings. The van der Waals surface area contributed by atoms with Gasteiger partial charge in [-0.2, -0.15) is 0 Å². The Balaban J connectivity index is 2.35. The molecule has 0 aliphatic carbocycles. The predicted molar refractivity (Wildman–Crippen MR) is 83.7 cm³/mol. The van der Waals surface area contributed by atoms with E-state index in [1.807, 2.05) is 13.1 Å². The number of rotatable bonds is 3. The fraction of sp³-hybridized carbons (Fsp3) is 0.167. The molecule has 0 spiro atoms. The van der Waals surface area contributed by atoms with Gasteiger partial charge in [0.25, 0.3) is 0 Å². The summed E-state index contributed by atoms with van der Waals surface area (Å²) in [5.41, 5.74) is 5.89. The van der Waals surface area contributed by atoms with Crippen molar-refractivity contribution < 1.29 is 0 Å². The van der Waals surface area contributed by atoms with Crippen LogP contribution in [0.25, 0.3) is 5.57 Å². The van der Waals surface area contributed by atoms with E-state index in [0.29, 0.717) is 0 Å². The van der Waals surface area contributed by atoms with Crippen molar-refractivity contribution >= 4 is 11.3 Å². The molecule has 1 heteroatoms. The van der Waals surface area contributed by atoms with Crippen molar-refractivity contribution in [1.82, 2.24) is 0 Å². The maximum Gasteiger partial charge on any atom is 0.0646 e. The second kappa shape index (κ2) is 6.14. The number of aryl methyl sites for hydroxylation is 1. The van der Waals surface area contributed by atoms with Gasteiger partial charge in [-0.25, -0.2) is 0 Å². The molecule has 0 aromatic heterocycles. The van der Waals surface area contributed by atoms with E-state index in [0.717, 1.165) is 11.3 Å². The van der Waals surface area contributed by atoms with Crippen LogP contribution in [-0.2, 0) is 0 Å². The minimum atomic E-state index is 1.02. The van der Waals surface area contributed by atoms with Gasteiger partial charge < -0.3 is 0 Å². The van der Waals surface area contributed by atoms with E-state index in [1.165, 1.54) is 16.7 Å². The third kappa shape index (κ3) is 3.41. The van der Waals surface area contributed by atoms with Crippen LogP contribution in [0.15, 0.2) is 65.7 Å². The molecule has 0 N–H and O–H groups in total. The summed E-state index contributed by atoms with van der Waals surface area (Å²) in [5.74, 6) is 0. The lowest BCUT2D eigenvalue weighted by atomic mass is 10.0. The lowest BCUT2D eigenvalue weighted by Crippen LogP contribution is -1.98. The molecular formula is C18H19N. The maximum atomic E-state index is 4.41. The normalized spacial score (nSPS) is 12.6. The summed E-state index contributed by atoms with van der Waals surface area (Å²) >= 11 is 0.